The summed E-state index contributed by atoms with van der Waals surface area (Å²) in [5.41, 5.74) is 3.15. The zero-order chi connectivity index (χ0) is 25.7. The first-order chi connectivity index (χ1) is 16.6. The van der Waals surface area contributed by atoms with E-state index in [-0.39, 0.29) is 11.5 Å². The van der Waals surface area contributed by atoms with E-state index in [1.807, 2.05) is 48.6 Å². The maximum atomic E-state index is 12.9. The molecule has 1 fully saturated rings. The van der Waals surface area contributed by atoms with Crippen LogP contribution in [0.15, 0.2) is 35.2 Å². The number of halogens is 1. The number of ether oxygens (including phenoxy) is 3. The standard InChI is InChI=1S/C24H23IN2O7S/c1-13-6-5-7-17(14(13)2)26-20(28)11-27-23(30)19(35-24(27)31)10-15-8-16(25)22(18(9-15)32-3)34-12-21(29)33-4/h5-10H,11-12H2,1-4H3,(H,26,28)/b19-10-. The second-order valence-corrected chi connectivity index (χ2v) is 9.62. The summed E-state index contributed by atoms with van der Waals surface area (Å²) in [5.74, 6) is -0.866. The molecule has 184 valence electrons. The van der Waals surface area contributed by atoms with Gasteiger partial charge in [-0.15, -0.1) is 0 Å². The highest BCUT2D eigenvalue weighted by Crippen LogP contribution is 2.37. The van der Waals surface area contributed by atoms with Gasteiger partial charge >= 0.3 is 5.97 Å². The van der Waals surface area contributed by atoms with Crippen LogP contribution in [-0.2, 0) is 19.1 Å². The number of rotatable bonds is 8. The number of imide groups is 1. The summed E-state index contributed by atoms with van der Waals surface area (Å²) >= 11 is 2.77. The average molecular weight is 610 g/mol. The van der Waals surface area contributed by atoms with E-state index >= 15 is 0 Å². The Bertz CT molecular complexity index is 1230. The summed E-state index contributed by atoms with van der Waals surface area (Å²) < 4.78 is 16.1. The molecule has 1 aliphatic rings. The largest absolute Gasteiger partial charge is 0.493 e. The zero-order valence-corrected chi connectivity index (χ0v) is 22.4. The highest BCUT2D eigenvalue weighted by molar-refractivity contribution is 14.1. The molecule has 35 heavy (non-hydrogen) atoms. The molecule has 1 N–H and O–H groups in total. The molecule has 0 spiro atoms. The van der Waals surface area contributed by atoms with Crippen LogP contribution in [-0.4, -0.2) is 55.3 Å². The highest BCUT2D eigenvalue weighted by atomic mass is 127. The minimum atomic E-state index is -0.559. The molecule has 0 aliphatic carbocycles. The Kier molecular flexibility index (Phi) is 8.78. The van der Waals surface area contributed by atoms with Gasteiger partial charge in [-0.05, 0) is 89.2 Å². The van der Waals surface area contributed by atoms with Gasteiger partial charge in [0.2, 0.25) is 5.91 Å². The van der Waals surface area contributed by atoms with Gasteiger partial charge in [0.15, 0.2) is 18.1 Å². The van der Waals surface area contributed by atoms with Gasteiger partial charge in [0.1, 0.15) is 6.54 Å². The van der Waals surface area contributed by atoms with E-state index in [0.29, 0.717) is 26.3 Å². The normalized spacial score (nSPS) is 14.3. The Morgan fingerprint density at radius 2 is 1.91 bits per heavy atom. The lowest BCUT2D eigenvalue weighted by molar-refractivity contribution is -0.143. The van der Waals surface area contributed by atoms with Crippen molar-refractivity contribution in [2.24, 2.45) is 0 Å². The number of carbonyl (C=O) groups excluding carboxylic acids is 4. The number of nitrogens with zero attached hydrogens (tertiary/aromatic N) is 1. The topological polar surface area (TPSA) is 111 Å². The number of hydrogen-bond acceptors (Lipinski definition) is 8. The maximum Gasteiger partial charge on any atom is 0.343 e. The number of amides is 3. The van der Waals surface area contributed by atoms with E-state index in [1.165, 1.54) is 14.2 Å². The van der Waals surface area contributed by atoms with Crippen molar-refractivity contribution in [1.82, 2.24) is 4.90 Å². The Morgan fingerprint density at radius 1 is 1.17 bits per heavy atom. The van der Waals surface area contributed by atoms with E-state index in [9.17, 15) is 19.2 Å². The molecule has 2 aromatic rings. The van der Waals surface area contributed by atoms with E-state index in [2.05, 4.69) is 10.1 Å². The zero-order valence-electron chi connectivity index (χ0n) is 19.5. The number of benzene rings is 2. The number of esters is 1. The van der Waals surface area contributed by atoms with Gasteiger partial charge in [-0.1, -0.05) is 12.1 Å². The van der Waals surface area contributed by atoms with E-state index in [1.54, 1.807) is 24.3 Å². The van der Waals surface area contributed by atoms with Crippen LogP contribution in [0.1, 0.15) is 16.7 Å². The second kappa shape index (κ2) is 11.6. The van der Waals surface area contributed by atoms with Crippen LogP contribution < -0.4 is 14.8 Å². The van der Waals surface area contributed by atoms with Crippen LogP contribution in [0.2, 0.25) is 0 Å². The summed E-state index contributed by atoms with van der Waals surface area (Å²) in [7, 11) is 2.71. The number of thioether (sulfide) groups is 1. The predicted molar refractivity (Wildman–Crippen MR) is 140 cm³/mol. The van der Waals surface area contributed by atoms with Crippen molar-refractivity contribution in [3.63, 3.8) is 0 Å². The number of hydrogen-bond donors (Lipinski definition) is 1. The lowest BCUT2D eigenvalue weighted by Crippen LogP contribution is -2.36. The lowest BCUT2D eigenvalue weighted by Gasteiger charge is -2.14. The summed E-state index contributed by atoms with van der Waals surface area (Å²) in [6, 6.07) is 8.86. The van der Waals surface area contributed by atoms with Crippen molar-refractivity contribution in [3.8, 4) is 11.5 Å². The molecule has 0 atom stereocenters. The highest BCUT2D eigenvalue weighted by Gasteiger charge is 2.36. The molecule has 0 saturated carbocycles. The summed E-state index contributed by atoms with van der Waals surface area (Å²) in [6.07, 6.45) is 1.54. The number of carbonyl (C=O) groups is 4. The van der Waals surface area contributed by atoms with Gasteiger partial charge < -0.3 is 19.5 Å². The van der Waals surface area contributed by atoms with Gasteiger partial charge in [-0.25, -0.2) is 4.79 Å². The molecule has 1 aliphatic heterocycles. The van der Waals surface area contributed by atoms with Crippen LogP contribution in [0.3, 0.4) is 0 Å². The SMILES string of the molecule is COC(=O)COc1c(I)cc(/C=C2\SC(=O)N(CC(=O)Nc3cccc(C)c3C)C2=O)cc1OC. The number of methoxy groups -OCH3 is 2. The molecule has 0 unspecified atom stereocenters. The monoisotopic (exact) mass is 610 g/mol. The molecular weight excluding hydrogens is 587 g/mol. The third-order valence-corrected chi connectivity index (χ3v) is 6.87. The Morgan fingerprint density at radius 3 is 2.60 bits per heavy atom. The van der Waals surface area contributed by atoms with Crippen LogP contribution >= 0.6 is 34.4 Å². The van der Waals surface area contributed by atoms with Crippen LogP contribution in [0, 0.1) is 17.4 Å². The van der Waals surface area contributed by atoms with Crippen molar-refractivity contribution < 1.29 is 33.4 Å². The number of aryl methyl sites for hydroxylation is 1. The summed E-state index contributed by atoms with van der Waals surface area (Å²) in [5, 5.41) is 2.23. The minimum Gasteiger partial charge on any atom is -0.493 e. The molecular formula is C24H23IN2O7S. The van der Waals surface area contributed by atoms with Gasteiger partial charge in [0, 0.05) is 5.69 Å². The van der Waals surface area contributed by atoms with E-state index < -0.39 is 29.6 Å². The molecule has 1 saturated heterocycles. The molecule has 2 aromatic carbocycles. The van der Waals surface area contributed by atoms with Gasteiger partial charge in [-0.2, -0.15) is 0 Å². The first-order valence-corrected chi connectivity index (χ1v) is 12.2. The molecule has 1 heterocycles. The van der Waals surface area contributed by atoms with Crippen molar-refractivity contribution in [3.05, 3.63) is 55.5 Å². The van der Waals surface area contributed by atoms with Crippen LogP contribution in [0.4, 0.5) is 10.5 Å². The van der Waals surface area contributed by atoms with Crippen molar-refractivity contribution in [1.29, 1.82) is 0 Å². The van der Waals surface area contributed by atoms with Gasteiger partial charge in [-0.3, -0.25) is 19.3 Å². The maximum absolute atomic E-state index is 12.9. The van der Waals surface area contributed by atoms with Gasteiger partial charge in [0.25, 0.3) is 11.1 Å². The fourth-order valence-corrected chi connectivity index (χ4v) is 4.78. The Hall–Kier alpha value is -3.06. The first kappa shape index (κ1) is 26.5. The van der Waals surface area contributed by atoms with E-state index in [0.717, 1.165) is 27.8 Å². The third kappa shape index (κ3) is 6.34. The van der Waals surface area contributed by atoms with Crippen molar-refractivity contribution in [2.75, 3.05) is 32.7 Å². The number of anilines is 1. The molecule has 11 heteroatoms. The average Bonchev–Trinajstić information content (AvgIpc) is 3.07. The molecule has 0 aromatic heterocycles. The molecule has 3 amide bonds. The predicted octanol–water partition coefficient (Wildman–Crippen LogP) is 4.14. The third-order valence-electron chi connectivity index (χ3n) is 5.17. The fraction of sp³-hybridized carbons (Fsp3) is 0.250. The fourth-order valence-electron chi connectivity index (χ4n) is 3.16. The first-order valence-electron chi connectivity index (χ1n) is 10.3. The Balaban J connectivity index is 1.75. The second-order valence-electron chi connectivity index (χ2n) is 7.46. The molecule has 3 rings (SSSR count). The summed E-state index contributed by atoms with van der Waals surface area (Å²) in [6.45, 7) is 3.14. The van der Waals surface area contributed by atoms with Gasteiger partial charge in [0.05, 0.1) is 22.7 Å². The quantitative estimate of drug-likeness (QED) is 0.270. The van der Waals surface area contributed by atoms with Crippen molar-refractivity contribution >= 4 is 69.1 Å². The van der Waals surface area contributed by atoms with Crippen LogP contribution in [0.25, 0.3) is 6.08 Å². The van der Waals surface area contributed by atoms with E-state index in [4.69, 9.17) is 9.47 Å². The molecule has 0 bridgehead atoms. The molecule has 9 nitrogen and oxygen atoms in total. The lowest BCUT2D eigenvalue weighted by atomic mass is 10.1. The Labute approximate surface area is 220 Å². The summed E-state index contributed by atoms with van der Waals surface area (Å²) in [4.78, 5) is 50.4. The number of nitrogens with one attached hydrogen (secondary N) is 1. The smallest absolute Gasteiger partial charge is 0.343 e. The minimum absolute atomic E-state index is 0.176. The van der Waals surface area contributed by atoms with Crippen molar-refractivity contribution in [2.45, 2.75) is 13.8 Å². The molecule has 0 radical (unpaired) electrons. The van der Waals surface area contributed by atoms with Crippen LogP contribution in [0.5, 0.6) is 11.5 Å².